The molecule has 136 valence electrons. The molecule has 4 rings (SSSR count). The number of amides is 1. The maximum atomic E-state index is 14.6. The highest BCUT2D eigenvalue weighted by Crippen LogP contribution is 2.52. The molecule has 0 radical (unpaired) electrons. The van der Waals surface area contributed by atoms with Gasteiger partial charge in [0.2, 0.25) is 5.91 Å². The number of carbonyl (C=O) groups is 1. The van der Waals surface area contributed by atoms with Crippen LogP contribution in [0.2, 0.25) is 0 Å². The number of benzene rings is 2. The summed E-state index contributed by atoms with van der Waals surface area (Å²) in [5.74, 6) is -2.80. The van der Waals surface area contributed by atoms with Gasteiger partial charge >= 0.3 is 0 Å². The van der Waals surface area contributed by atoms with Crippen LogP contribution >= 0.6 is 0 Å². The van der Waals surface area contributed by atoms with Crippen LogP contribution in [0.1, 0.15) is 24.3 Å². The van der Waals surface area contributed by atoms with Gasteiger partial charge in [0.25, 0.3) is 0 Å². The predicted molar refractivity (Wildman–Crippen MR) is 91.8 cm³/mol. The minimum absolute atomic E-state index is 0.0207. The topological polar surface area (TPSA) is 46.3 Å². The fourth-order valence-electron chi connectivity index (χ4n) is 3.90. The second-order valence-electron chi connectivity index (χ2n) is 7.08. The van der Waals surface area contributed by atoms with Crippen LogP contribution in [0.4, 0.5) is 13.2 Å². The van der Waals surface area contributed by atoms with Crippen molar-refractivity contribution in [3.8, 4) is 11.1 Å². The number of nitrogens with two attached hydrogens (primary N) is 1. The van der Waals surface area contributed by atoms with Crippen molar-refractivity contribution in [1.82, 2.24) is 4.90 Å². The van der Waals surface area contributed by atoms with E-state index >= 15 is 0 Å². The van der Waals surface area contributed by atoms with E-state index in [1.54, 1.807) is 4.90 Å². The number of halogens is 3. The molecule has 2 fully saturated rings. The van der Waals surface area contributed by atoms with E-state index in [2.05, 4.69) is 0 Å². The maximum absolute atomic E-state index is 14.6. The van der Waals surface area contributed by atoms with Gasteiger partial charge in [0.05, 0.1) is 5.56 Å². The summed E-state index contributed by atoms with van der Waals surface area (Å²) < 4.78 is 43.0. The average Bonchev–Trinajstić information content (AvgIpc) is 3.26. The van der Waals surface area contributed by atoms with Gasteiger partial charge in [-0.25, -0.2) is 13.2 Å². The van der Waals surface area contributed by atoms with E-state index in [1.165, 1.54) is 24.3 Å². The van der Waals surface area contributed by atoms with Gasteiger partial charge in [0.15, 0.2) is 0 Å². The molecule has 0 bridgehead atoms. The number of hydrogen-bond acceptors (Lipinski definition) is 2. The number of nitrogens with zero attached hydrogens (tertiary/aromatic N) is 1. The summed E-state index contributed by atoms with van der Waals surface area (Å²) in [4.78, 5) is 14.3. The molecule has 1 aliphatic carbocycles. The van der Waals surface area contributed by atoms with E-state index in [-0.39, 0.29) is 40.5 Å². The Kier molecular flexibility index (Phi) is 4.23. The second-order valence-corrected chi connectivity index (χ2v) is 7.08. The van der Waals surface area contributed by atoms with Gasteiger partial charge in [-0.3, -0.25) is 4.79 Å². The van der Waals surface area contributed by atoms with Crippen LogP contribution in [-0.2, 0) is 4.79 Å². The standard InChI is InChI=1S/C20H19F3N2O/c21-15-4-1-3-12(19-16(22)5-2-6-17(19)23)18(15)13-9-14(13)20(26)25-8-7-11(24)10-25/h1-6,11,13-14H,7-10,24H2. The molecule has 2 aliphatic rings. The molecular weight excluding hydrogens is 341 g/mol. The van der Waals surface area contributed by atoms with E-state index in [1.807, 2.05) is 0 Å². The summed E-state index contributed by atoms with van der Waals surface area (Å²) >= 11 is 0. The molecule has 2 aromatic rings. The fourth-order valence-corrected chi connectivity index (χ4v) is 3.90. The highest BCUT2D eigenvalue weighted by atomic mass is 19.1. The first kappa shape index (κ1) is 17.1. The SMILES string of the molecule is NC1CCN(C(=O)C2CC2c2c(F)cccc2-c2c(F)cccc2F)C1. The van der Waals surface area contributed by atoms with Gasteiger partial charge in [-0.1, -0.05) is 18.2 Å². The molecule has 0 aromatic heterocycles. The Morgan fingerprint density at radius 1 is 1.04 bits per heavy atom. The fraction of sp³-hybridized carbons (Fsp3) is 0.350. The summed E-state index contributed by atoms with van der Waals surface area (Å²) in [5, 5.41) is 0. The first-order valence-electron chi connectivity index (χ1n) is 8.74. The largest absolute Gasteiger partial charge is 0.341 e. The van der Waals surface area contributed by atoms with Crippen molar-refractivity contribution in [2.75, 3.05) is 13.1 Å². The molecule has 0 spiro atoms. The zero-order chi connectivity index (χ0) is 18.4. The lowest BCUT2D eigenvalue weighted by atomic mass is 9.94. The molecule has 1 saturated carbocycles. The average molecular weight is 360 g/mol. The monoisotopic (exact) mass is 360 g/mol. The smallest absolute Gasteiger partial charge is 0.226 e. The Labute approximate surface area is 149 Å². The van der Waals surface area contributed by atoms with Gasteiger partial charge in [-0.2, -0.15) is 0 Å². The highest BCUT2D eigenvalue weighted by molar-refractivity contribution is 5.84. The van der Waals surface area contributed by atoms with Crippen molar-refractivity contribution in [3.05, 3.63) is 59.4 Å². The summed E-state index contributed by atoms with van der Waals surface area (Å²) in [6, 6.07) is 7.75. The number of rotatable bonds is 3. The number of hydrogen-bond donors (Lipinski definition) is 1. The van der Waals surface area contributed by atoms with Crippen molar-refractivity contribution >= 4 is 5.91 Å². The minimum atomic E-state index is -0.745. The summed E-state index contributed by atoms with van der Waals surface area (Å²) in [6.45, 7) is 1.11. The van der Waals surface area contributed by atoms with Gasteiger partial charge in [0, 0.05) is 25.0 Å². The Hall–Kier alpha value is -2.34. The van der Waals surface area contributed by atoms with Crippen LogP contribution in [0.25, 0.3) is 11.1 Å². The molecule has 1 aliphatic heterocycles. The van der Waals surface area contributed by atoms with E-state index in [4.69, 9.17) is 5.73 Å². The molecule has 2 aromatic carbocycles. The van der Waals surface area contributed by atoms with Crippen LogP contribution in [0.3, 0.4) is 0 Å². The highest BCUT2D eigenvalue weighted by Gasteiger charge is 2.48. The van der Waals surface area contributed by atoms with Crippen molar-refractivity contribution in [2.45, 2.75) is 24.8 Å². The van der Waals surface area contributed by atoms with E-state index in [0.29, 0.717) is 19.5 Å². The van der Waals surface area contributed by atoms with Crippen molar-refractivity contribution in [1.29, 1.82) is 0 Å². The summed E-state index contributed by atoms with van der Waals surface area (Å²) in [5.41, 5.74) is 6.00. The first-order valence-corrected chi connectivity index (χ1v) is 8.74. The molecule has 3 atom stereocenters. The number of likely N-dealkylation sites (tertiary alicyclic amines) is 1. The summed E-state index contributed by atoms with van der Waals surface area (Å²) in [7, 11) is 0. The maximum Gasteiger partial charge on any atom is 0.226 e. The first-order chi connectivity index (χ1) is 12.5. The van der Waals surface area contributed by atoms with Crippen molar-refractivity contribution < 1.29 is 18.0 Å². The van der Waals surface area contributed by atoms with E-state index < -0.39 is 17.5 Å². The normalized spacial score (nSPS) is 24.8. The molecule has 6 heteroatoms. The Morgan fingerprint density at radius 3 is 2.35 bits per heavy atom. The van der Waals surface area contributed by atoms with Gasteiger partial charge < -0.3 is 10.6 Å². The van der Waals surface area contributed by atoms with Gasteiger partial charge in [-0.05, 0) is 48.1 Å². The number of carbonyl (C=O) groups excluding carboxylic acids is 1. The van der Waals surface area contributed by atoms with Crippen LogP contribution in [0, 0.1) is 23.4 Å². The predicted octanol–water partition coefficient (Wildman–Crippen LogP) is 3.43. The van der Waals surface area contributed by atoms with E-state index in [0.717, 1.165) is 18.6 Å². The Morgan fingerprint density at radius 2 is 1.69 bits per heavy atom. The quantitative estimate of drug-likeness (QED) is 0.912. The zero-order valence-corrected chi connectivity index (χ0v) is 14.1. The van der Waals surface area contributed by atoms with Crippen LogP contribution in [-0.4, -0.2) is 29.9 Å². The summed E-state index contributed by atoms with van der Waals surface area (Å²) in [6.07, 6.45) is 1.24. The molecule has 1 amide bonds. The van der Waals surface area contributed by atoms with Crippen molar-refractivity contribution in [3.63, 3.8) is 0 Å². The van der Waals surface area contributed by atoms with Crippen LogP contribution < -0.4 is 5.73 Å². The molecule has 26 heavy (non-hydrogen) atoms. The lowest BCUT2D eigenvalue weighted by molar-refractivity contribution is -0.131. The second kappa shape index (κ2) is 6.43. The van der Waals surface area contributed by atoms with Gasteiger partial charge in [0.1, 0.15) is 17.5 Å². The molecule has 3 unspecified atom stereocenters. The molecule has 1 heterocycles. The third kappa shape index (κ3) is 2.88. The van der Waals surface area contributed by atoms with Crippen LogP contribution in [0.5, 0.6) is 0 Å². The Bertz CT molecular complexity index is 850. The molecule has 3 nitrogen and oxygen atoms in total. The van der Waals surface area contributed by atoms with Crippen LogP contribution in [0.15, 0.2) is 36.4 Å². The third-order valence-electron chi connectivity index (χ3n) is 5.30. The third-order valence-corrected chi connectivity index (χ3v) is 5.30. The Balaban J connectivity index is 1.67. The minimum Gasteiger partial charge on any atom is -0.341 e. The molecule has 1 saturated heterocycles. The van der Waals surface area contributed by atoms with Gasteiger partial charge in [-0.15, -0.1) is 0 Å². The lowest BCUT2D eigenvalue weighted by Crippen LogP contribution is -2.33. The zero-order valence-electron chi connectivity index (χ0n) is 14.1. The van der Waals surface area contributed by atoms with Crippen molar-refractivity contribution in [2.24, 2.45) is 11.7 Å². The lowest BCUT2D eigenvalue weighted by Gasteiger charge is -2.17. The van der Waals surface area contributed by atoms with E-state index in [9.17, 15) is 18.0 Å². The molecule has 2 N–H and O–H groups in total. The molecular formula is C20H19F3N2O.